The van der Waals surface area contributed by atoms with E-state index in [0.29, 0.717) is 25.9 Å². The van der Waals surface area contributed by atoms with Crippen molar-refractivity contribution in [1.29, 1.82) is 0 Å². The minimum absolute atomic E-state index is 0.262. The van der Waals surface area contributed by atoms with E-state index in [2.05, 4.69) is 9.55 Å². The number of hydrogen-bond donors (Lipinski definition) is 0. The molecule has 1 aromatic rings. The SMILES string of the molecule is CC=C1OC2(CCN(C(=O)OC(C)(C)C)CC2)c2nccn2C1=CC. The van der Waals surface area contributed by atoms with Crippen molar-refractivity contribution in [1.82, 2.24) is 14.5 Å². The van der Waals surface area contributed by atoms with E-state index in [1.165, 1.54) is 0 Å². The highest BCUT2D eigenvalue weighted by Crippen LogP contribution is 2.44. The Kier molecular flexibility index (Phi) is 4.39. The molecular formula is C19H27N3O3. The molecule has 1 fully saturated rings. The Morgan fingerprint density at radius 2 is 1.96 bits per heavy atom. The van der Waals surface area contributed by atoms with Crippen LogP contribution in [0.3, 0.4) is 0 Å². The number of allylic oxidation sites excluding steroid dienone is 3. The number of imidazole rings is 1. The molecule has 1 amide bonds. The summed E-state index contributed by atoms with van der Waals surface area (Å²) in [5.74, 6) is 1.77. The van der Waals surface area contributed by atoms with Crippen molar-refractivity contribution in [3.8, 4) is 0 Å². The summed E-state index contributed by atoms with van der Waals surface area (Å²) in [5.41, 5.74) is 0.0363. The van der Waals surface area contributed by atoms with E-state index in [1.807, 2.05) is 59.2 Å². The summed E-state index contributed by atoms with van der Waals surface area (Å²) in [6.07, 6.45) is 8.92. The zero-order valence-corrected chi connectivity index (χ0v) is 15.7. The first-order valence-corrected chi connectivity index (χ1v) is 8.84. The summed E-state index contributed by atoms with van der Waals surface area (Å²) in [6.45, 7) is 10.8. The number of amides is 1. The fourth-order valence-electron chi connectivity index (χ4n) is 3.45. The van der Waals surface area contributed by atoms with E-state index < -0.39 is 11.2 Å². The minimum Gasteiger partial charge on any atom is -0.477 e. The van der Waals surface area contributed by atoms with Gasteiger partial charge < -0.3 is 14.4 Å². The van der Waals surface area contributed by atoms with Crippen molar-refractivity contribution in [3.63, 3.8) is 0 Å². The molecular weight excluding hydrogens is 318 g/mol. The van der Waals surface area contributed by atoms with Crippen LogP contribution in [0.1, 0.15) is 53.3 Å². The van der Waals surface area contributed by atoms with Crippen LogP contribution in [0.4, 0.5) is 4.79 Å². The van der Waals surface area contributed by atoms with Crippen LogP contribution in [0.25, 0.3) is 5.70 Å². The van der Waals surface area contributed by atoms with Crippen molar-refractivity contribution in [2.75, 3.05) is 13.1 Å². The quantitative estimate of drug-likeness (QED) is 0.715. The van der Waals surface area contributed by atoms with E-state index in [9.17, 15) is 4.79 Å². The van der Waals surface area contributed by atoms with Gasteiger partial charge in [0, 0.05) is 38.3 Å². The molecule has 136 valence electrons. The number of carbonyl (C=O) groups excluding carboxylic acids is 1. The lowest BCUT2D eigenvalue weighted by molar-refractivity contribution is -0.0648. The molecule has 1 saturated heterocycles. The van der Waals surface area contributed by atoms with Gasteiger partial charge in [-0.05, 0) is 40.7 Å². The van der Waals surface area contributed by atoms with Gasteiger partial charge in [0.2, 0.25) is 0 Å². The molecule has 0 N–H and O–H groups in total. The molecule has 1 aromatic heterocycles. The van der Waals surface area contributed by atoms with E-state index in [4.69, 9.17) is 9.47 Å². The van der Waals surface area contributed by atoms with Gasteiger partial charge in [0.15, 0.2) is 11.4 Å². The van der Waals surface area contributed by atoms with Gasteiger partial charge in [-0.15, -0.1) is 0 Å². The van der Waals surface area contributed by atoms with E-state index >= 15 is 0 Å². The maximum atomic E-state index is 12.3. The molecule has 1 spiro atoms. The van der Waals surface area contributed by atoms with Crippen molar-refractivity contribution >= 4 is 11.8 Å². The lowest BCUT2D eigenvalue weighted by Gasteiger charge is -2.44. The van der Waals surface area contributed by atoms with Gasteiger partial charge in [-0.3, -0.25) is 4.57 Å². The highest BCUT2D eigenvalue weighted by molar-refractivity contribution is 5.68. The number of piperidine rings is 1. The largest absolute Gasteiger partial charge is 0.477 e. The van der Waals surface area contributed by atoms with Gasteiger partial charge in [-0.25, -0.2) is 9.78 Å². The molecule has 0 radical (unpaired) electrons. The van der Waals surface area contributed by atoms with Gasteiger partial charge in [0.25, 0.3) is 0 Å². The Labute approximate surface area is 149 Å². The van der Waals surface area contributed by atoms with Crippen LogP contribution in [0.15, 0.2) is 30.3 Å². The number of carbonyl (C=O) groups is 1. The molecule has 25 heavy (non-hydrogen) atoms. The first kappa shape index (κ1) is 17.6. The van der Waals surface area contributed by atoms with Crippen LogP contribution < -0.4 is 0 Å². The lowest BCUT2D eigenvalue weighted by atomic mass is 9.88. The Hall–Kier alpha value is -2.24. The monoisotopic (exact) mass is 345 g/mol. The predicted molar refractivity (Wildman–Crippen MR) is 95.7 cm³/mol. The molecule has 2 aliphatic heterocycles. The maximum Gasteiger partial charge on any atom is 0.410 e. The minimum atomic E-state index is -0.490. The van der Waals surface area contributed by atoms with E-state index in [-0.39, 0.29) is 6.09 Å². The van der Waals surface area contributed by atoms with Gasteiger partial charge in [-0.1, -0.05) is 6.08 Å². The molecule has 0 aliphatic carbocycles. The molecule has 2 aliphatic rings. The summed E-state index contributed by atoms with van der Waals surface area (Å²) >= 11 is 0. The summed E-state index contributed by atoms with van der Waals surface area (Å²) in [4.78, 5) is 18.6. The Morgan fingerprint density at radius 1 is 1.28 bits per heavy atom. The fourth-order valence-corrected chi connectivity index (χ4v) is 3.45. The zero-order chi connectivity index (χ0) is 18.2. The number of hydrogen-bond acceptors (Lipinski definition) is 4. The Morgan fingerprint density at radius 3 is 2.52 bits per heavy atom. The van der Waals surface area contributed by atoms with Crippen LogP contribution in [-0.4, -0.2) is 39.2 Å². The summed E-state index contributed by atoms with van der Waals surface area (Å²) in [7, 11) is 0. The van der Waals surface area contributed by atoms with Crippen molar-refractivity contribution in [3.05, 3.63) is 36.1 Å². The zero-order valence-electron chi connectivity index (χ0n) is 15.7. The predicted octanol–water partition coefficient (Wildman–Crippen LogP) is 3.90. The third kappa shape index (κ3) is 3.17. The van der Waals surface area contributed by atoms with Crippen molar-refractivity contribution in [2.24, 2.45) is 0 Å². The number of likely N-dealkylation sites (tertiary alicyclic amines) is 1. The van der Waals surface area contributed by atoms with Gasteiger partial charge in [0.1, 0.15) is 11.4 Å². The average Bonchev–Trinajstić information content (AvgIpc) is 3.04. The highest BCUT2D eigenvalue weighted by atomic mass is 16.6. The first-order chi connectivity index (χ1) is 11.8. The molecule has 6 heteroatoms. The van der Waals surface area contributed by atoms with E-state index in [0.717, 1.165) is 17.3 Å². The summed E-state index contributed by atoms with van der Waals surface area (Å²) < 4.78 is 14.0. The second kappa shape index (κ2) is 6.24. The molecule has 0 atom stereocenters. The second-order valence-electron chi connectivity index (χ2n) is 7.51. The maximum absolute atomic E-state index is 12.3. The molecule has 0 aromatic carbocycles. The third-order valence-corrected chi connectivity index (χ3v) is 4.62. The Bertz CT molecular complexity index is 717. The number of ether oxygens (including phenoxy) is 2. The molecule has 0 bridgehead atoms. The van der Waals surface area contributed by atoms with Crippen LogP contribution >= 0.6 is 0 Å². The van der Waals surface area contributed by atoms with Crippen LogP contribution in [0.5, 0.6) is 0 Å². The summed E-state index contributed by atoms with van der Waals surface area (Å²) in [5, 5.41) is 0. The molecule has 6 nitrogen and oxygen atoms in total. The highest BCUT2D eigenvalue weighted by Gasteiger charge is 2.47. The molecule has 0 unspecified atom stereocenters. The first-order valence-electron chi connectivity index (χ1n) is 8.84. The average molecular weight is 345 g/mol. The van der Waals surface area contributed by atoms with Crippen molar-refractivity contribution < 1.29 is 14.3 Å². The number of rotatable bonds is 0. The second-order valence-corrected chi connectivity index (χ2v) is 7.51. The molecule has 0 saturated carbocycles. The Balaban J connectivity index is 1.82. The number of fused-ring (bicyclic) bond motifs is 2. The van der Waals surface area contributed by atoms with Gasteiger partial charge in [-0.2, -0.15) is 0 Å². The third-order valence-electron chi connectivity index (χ3n) is 4.62. The standard InChI is InChI=1S/C19H27N3O3/c1-6-14-15(7-2)24-19(16-20-10-13-22(14)16)8-11-21(12-9-19)17(23)25-18(3,4)5/h6-7,10,13H,8-9,11-12H2,1-5H3. The van der Waals surface area contributed by atoms with Crippen molar-refractivity contribution in [2.45, 2.75) is 58.7 Å². The lowest BCUT2D eigenvalue weighted by Crippen LogP contribution is -2.50. The van der Waals surface area contributed by atoms with Crippen LogP contribution in [-0.2, 0) is 15.1 Å². The number of nitrogens with zero attached hydrogens (tertiary/aromatic N) is 3. The van der Waals surface area contributed by atoms with Gasteiger partial charge in [0.05, 0.1) is 5.70 Å². The normalized spacial score (nSPS) is 22.8. The molecule has 3 rings (SSSR count). The molecule has 3 heterocycles. The topological polar surface area (TPSA) is 56.6 Å². The van der Waals surface area contributed by atoms with E-state index in [1.54, 1.807) is 4.90 Å². The number of aromatic nitrogens is 2. The smallest absolute Gasteiger partial charge is 0.410 e. The van der Waals surface area contributed by atoms with Gasteiger partial charge >= 0.3 is 6.09 Å². The fraction of sp³-hybridized carbons (Fsp3) is 0.579. The van der Waals surface area contributed by atoms with Crippen LogP contribution in [0.2, 0.25) is 0 Å². The summed E-state index contributed by atoms with van der Waals surface area (Å²) in [6, 6.07) is 0. The van der Waals surface area contributed by atoms with Crippen LogP contribution in [0, 0.1) is 0 Å².